The molecule has 7 heteroatoms. The summed E-state index contributed by atoms with van der Waals surface area (Å²) in [5.41, 5.74) is -1.41. The number of carbonyl (C=O) groups is 5. The van der Waals surface area contributed by atoms with Gasteiger partial charge in [-0.15, -0.1) is 0 Å². The second-order valence-electron chi connectivity index (χ2n) is 9.62. The maximum absolute atomic E-state index is 13.6. The number of ketones is 5. The Labute approximate surface area is 179 Å². The third-order valence-corrected chi connectivity index (χ3v) is 7.51. The maximum atomic E-state index is 13.6. The molecule has 164 valence electrons. The van der Waals surface area contributed by atoms with E-state index in [9.17, 15) is 34.2 Å². The van der Waals surface area contributed by atoms with Gasteiger partial charge in [-0.05, 0) is 49.7 Å². The summed E-state index contributed by atoms with van der Waals surface area (Å²) in [7, 11) is 0. The molecule has 31 heavy (non-hydrogen) atoms. The van der Waals surface area contributed by atoms with E-state index in [1.807, 2.05) is 0 Å². The Kier molecular flexibility index (Phi) is 4.81. The van der Waals surface area contributed by atoms with Gasteiger partial charge in [0.15, 0.2) is 28.7 Å². The van der Waals surface area contributed by atoms with Crippen molar-refractivity contribution in [2.75, 3.05) is 0 Å². The number of Topliss-reactive ketones (excluding diaryl/α,β-unsaturated/α-hetero) is 5. The Bertz CT molecular complexity index is 1050. The molecule has 0 heterocycles. The zero-order valence-electron chi connectivity index (χ0n) is 18.0. The number of carbonyl (C=O) groups excluding carboxylic acids is 5. The number of hydrogen-bond donors (Lipinski definition) is 2. The average Bonchev–Trinajstić information content (AvgIpc) is 2.67. The van der Waals surface area contributed by atoms with Gasteiger partial charge < -0.3 is 10.2 Å². The summed E-state index contributed by atoms with van der Waals surface area (Å²) in [5.74, 6) is -9.74. The SMILES string of the molecule is CC(=O)C1C(=O)C(C(C)C)[C@H]2C[C@H]3Cc4ccc(C)c(O)c4C(=O)C3C(=O)[C@@]2(O)C1=O. The van der Waals surface area contributed by atoms with Crippen LogP contribution in [0.15, 0.2) is 12.1 Å². The number of benzene rings is 1. The highest BCUT2D eigenvalue weighted by molar-refractivity contribution is 6.32. The van der Waals surface area contributed by atoms with Crippen molar-refractivity contribution >= 4 is 28.9 Å². The molecule has 1 aromatic rings. The number of phenolic OH excluding ortho intramolecular Hbond substituents is 1. The zero-order valence-corrected chi connectivity index (χ0v) is 18.0. The van der Waals surface area contributed by atoms with Gasteiger partial charge in [0.05, 0.1) is 11.5 Å². The molecule has 4 rings (SSSR count). The van der Waals surface area contributed by atoms with Crippen molar-refractivity contribution < 1.29 is 34.2 Å². The van der Waals surface area contributed by atoms with Gasteiger partial charge in [0.2, 0.25) is 0 Å². The molecule has 0 saturated heterocycles. The van der Waals surface area contributed by atoms with Gasteiger partial charge in [-0.1, -0.05) is 26.0 Å². The molecule has 0 spiro atoms. The van der Waals surface area contributed by atoms with Gasteiger partial charge in [0, 0.05) is 11.8 Å². The second-order valence-corrected chi connectivity index (χ2v) is 9.62. The summed E-state index contributed by atoms with van der Waals surface area (Å²) in [6.45, 7) is 6.26. The fourth-order valence-corrected chi connectivity index (χ4v) is 6.05. The number of aliphatic hydroxyl groups is 1. The summed E-state index contributed by atoms with van der Waals surface area (Å²) in [6.07, 6.45) is 0.457. The lowest BCUT2D eigenvalue weighted by molar-refractivity contribution is -0.182. The molecule has 0 radical (unpaired) electrons. The van der Waals surface area contributed by atoms with Crippen molar-refractivity contribution in [3.63, 3.8) is 0 Å². The fourth-order valence-electron chi connectivity index (χ4n) is 6.05. The summed E-state index contributed by atoms with van der Waals surface area (Å²) in [5, 5.41) is 21.9. The molecule has 0 bridgehead atoms. The van der Waals surface area contributed by atoms with Crippen LogP contribution in [0.2, 0.25) is 0 Å². The standard InChI is InChI=1S/C24H26O7/c1-9(2)15-14-8-13-7-12-6-5-10(3)19(26)17(12)21(28)18(13)23(30)24(14,31)22(29)16(11(4)25)20(15)27/h5-6,9,13-16,18,26,31H,7-8H2,1-4H3/t13-,14-,15?,16?,18?,24+/m1/s1. The van der Waals surface area contributed by atoms with E-state index in [2.05, 4.69) is 0 Å². The molecule has 3 aliphatic rings. The summed E-state index contributed by atoms with van der Waals surface area (Å²) >= 11 is 0. The minimum atomic E-state index is -2.56. The highest BCUT2D eigenvalue weighted by Crippen LogP contribution is 2.53. The van der Waals surface area contributed by atoms with Crippen molar-refractivity contribution in [3.05, 3.63) is 28.8 Å². The van der Waals surface area contributed by atoms with Crippen molar-refractivity contribution in [1.29, 1.82) is 0 Å². The highest BCUT2D eigenvalue weighted by Gasteiger charge is 2.68. The number of aryl methyl sites for hydroxylation is 1. The largest absolute Gasteiger partial charge is 0.507 e. The van der Waals surface area contributed by atoms with Crippen LogP contribution >= 0.6 is 0 Å². The molecule has 3 aliphatic carbocycles. The van der Waals surface area contributed by atoms with E-state index in [0.29, 0.717) is 17.5 Å². The van der Waals surface area contributed by atoms with Crippen LogP contribution in [-0.2, 0) is 25.6 Å². The molecule has 1 aromatic carbocycles. The Morgan fingerprint density at radius 2 is 1.77 bits per heavy atom. The molecule has 3 unspecified atom stereocenters. The Balaban J connectivity index is 1.87. The molecule has 0 aliphatic heterocycles. The van der Waals surface area contributed by atoms with Gasteiger partial charge in [0.25, 0.3) is 0 Å². The molecule has 2 N–H and O–H groups in total. The van der Waals surface area contributed by atoms with E-state index in [1.54, 1.807) is 32.9 Å². The third kappa shape index (κ3) is 2.72. The molecule has 7 nitrogen and oxygen atoms in total. The first-order valence-electron chi connectivity index (χ1n) is 10.6. The first-order valence-corrected chi connectivity index (χ1v) is 10.6. The van der Waals surface area contributed by atoms with E-state index < -0.39 is 64.1 Å². The maximum Gasteiger partial charge on any atom is 0.190 e. The Hall–Kier alpha value is -2.67. The normalized spacial score (nSPS) is 35.0. The number of hydrogen-bond acceptors (Lipinski definition) is 7. The molecular weight excluding hydrogens is 400 g/mol. The van der Waals surface area contributed by atoms with Crippen LogP contribution in [0.25, 0.3) is 0 Å². The molecule has 2 saturated carbocycles. The first-order chi connectivity index (χ1) is 14.4. The molecule has 2 fully saturated rings. The molecule has 0 aromatic heterocycles. The predicted molar refractivity (Wildman–Crippen MR) is 108 cm³/mol. The Morgan fingerprint density at radius 3 is 2.35 bits per heavy atom. The lowest BCUT2D eigenvalue weighted by atomic mass is 9.49. The van der Waals surface area contributed by atoms with Gasteiger partial charge in [-0.3, -0.25) is 24.0 Å². The smallest absolute Gasteiger partial charge is 0.190 e. The van der Waals surface area contributed by atoms with Gasteiger partial charge in [-0.2, -0.15) is 0 Å². The van der Waals surface area contributed by atoms with Crippen molar-refractivity contribution in [1.82, 2.24) is 0 Å². The van der Waals surface area contributed by atoms with Crippen molar-refractivity contribution in [2.24, 2.45) is 35.5 Å². The van der Waals surface area contributed by atoms with E-state index in [-0.39, 0.29) is 23.7 Å². The topological polar surface area (TPSA) is 126 Å². The van der Waals surface area contributed by atoms with Gasteiger partial charge in [-0.25, -0.2) is 0 Å². The summed E-state index contributed by atoms with van der Waals surface area (Å²) < 4.78 is 0. The second kappa shape index (κ2) is 6.92. The van der Waals surface area contributed by atoms with E-state index in [4.69, 9.17) is 0 Å². The monoisotopic (exact) mass is 426 g/mol. The summed E-state index contributed by atoms with van der Waals surface area (Å²) in [4.78, 5) is 65.3. The number of phenols is 1. The van der Waals surface area contributed by atoms with Crippen LogP contribution in [0.5, 0.6) is 5.75 Å². The summed E-state index contributed by atoms with van der Waals surface area (Å²) in [6, 6.07) is 3.44. The van der Waals surface area contributed by atoms with E-state index in [1.165, 1.54) is 0 Å². The highest BCUT2D eigenvalue weighted by atomic mass is 16.3. The molecule has 0 amide bonds. The fraction of sp³-hybridized carbons (Fsp3) is 0.542. The van der Waals surface area contributed by atoms with Gasteiger partial charge >= 0.3 is 0 Å². The third-order valence-electron chi connectivity index (χ3n) is 7.51. The zero-order chi connectivity index (χ0) is 23.0. The number of rotatable bonds is 2. The van der Waals surface area contributed by atoms with Crippen LogP contribution in [-0.4, -0.2) is 44.7 Å². The Morgan fingerprint density at radius 1 is 1.13 bits per heavy atom. The van der Waals surface area contributed by atoms with Gasteiger partial charge in [0.1, 0.15) is 17.5 Å². The molecular formula is C24H26O7. The average molecular weight is 426 g/mol. The predicted octanol–water partition coefficient (Wildman–Crippen LogP) is 1.62. The van der Waals surface area contributed by atoms with E-state index in [0.717, 1.165) is 6.92 Å². The van der Waals surface area contributed by atoms with Crippen LogP contribution in [0.4, 0.5) is 0 Å². The number of aromatic hydroxyl groups is 1. The lowest BCUT2D eigenvalue weighted by Gasteiger charge is -2.52. The first kappa shape index (κ1) is 21.6. The lowest BCUT2D eigenvalue weighted by Crippen LogP contribution is -2.70. The quantitative estimate of drug-likeness (QED) is 0.688. The molecule has 6 atom stereocenters. The van der Waals surface area contributed by atoms with Crippen molar-refractivity contribution in [3.8, 4) is 5.75 Å². The van der Waals surface area contributed by atoms with Crippen LogP contribution in [0.3, 0.4) is 0 Å². The van der Waals surface area contributed by atoms with E-state index >= 15 is 0 Å². The van der Waals surface area contributed by atoms with Crippen molar-refractivity contribution in [2.45, 2.75) is 46.1 Å². The minimum absolute atomic E-state index is 0.0551. The van der Waals surface area contributed by atoms with Crippen LogP contribution in [0.1, 0.15) is 48.7 Å². The minimum Gasteiger partial charge on any atom is -0.507 e. The van der Waals surface area contributed by atoms with Crippen LogP contribution in [0, 0.1) is 42.4 Å². The number of fused-ring (bicyclic) bond motifs is 3. The van der Waals surface area contributed by atoms with Crippen LogP contribution < -0.4 is 0 Å².